The molecule has 0 fully saturated rings. The van der Waals surface area contributed by atoms with Crippen LogP contribution in [0.3, 0.4) is 0 Å². The molecule has 0 N–H and O–H groups in total. The van der Waals surface area contributed by atoms with Crippen molar-refractivity contribution in [3.8, 4) is 11.8 Å². The summed E-state index contributed by atoms with van der Waals surface area (Å²) in [5, 5.41) is 9.11. The zero-order valence-corrected chi connectivity index (χ0v) is 12.8. The van der Waals surface area contributed by atoms with Crippen LogP contribution in [0.15, 0.2) is 52.3 Å². The maximum Gasteiger partial charge on any atom is 0.216 e. The first-order chi connectivity index (χ1) is 10.9. The van der Waals surface area contributed by atoms with E-state index in [0.29, 0.717) is 11.8 Å². The van der Waals surface area contributed by atoms with Crippen molar-refractivity contribution in [3.05, 3.63) is 64.6 Å². The summed E-state index contributed by atoms with van der Waals surface area (Å²) in [5.74, 6) is -1.30. The quantitative estimate of drug-likeness (QED) is 0.804. The van der Waals surface area contributed by atoms with E-state index >= 15 is 0 Å². The summed E-state index contributed by atoms with van der Waals surface area (Å²) >= 11 is 0. The van der Waals surface area contributed by atoms with Gasteiger partial charge < -0.3 is 4.74 Å². The Bertz CT molecular complexity index is 898. The lowest BCUT2D eigenvalue weighted by Gasteiger charge is -2.05. The largest absolute Gasteiger partial charge is 0.497 e. The van der Waals surface area contributed by atoms with Crippen LogP contribution in [0.2, 0.25) is 0 Å². The van der Waals surface area contributed by atoms with Crippen molar-refractivity contribution < 1.29 is 21.9 Å². The summed E-state index contributed by atoms with van der Waals surface area (Å²) in [5.41, 5.74) is -0.194. The van der Waals surface area contributed by atoms with Crippen LogP contribution in [-0.4, -0.2) is 15.5 Å². The number of rotatable bonds is 4. The topological polar surface area (TPSA) is 67.2 Å². The number of benzene rings is 2. The summed E-state index contributed by atoms with van der Waals surface area (Å²) in [4.78, 5) is -0.776. The van der Waals surface area contributed by atoms with Crippen LogP contribution >= 0.6 is 0 Å². The Morgan fingerprint density at radius 1 is 1.17 bits per heavy atom. The van der Waals surface area contributed by atoms with Gasteiger partial charge in [0.05, 0.1) is 12.0 Å². The molecule has 0 aliphatic heterocycles. The molecular weight excluding hydrogens is 324 g/mol. The molecule has 0 saturated carbocycles. The predicted molar refractivity (Wildman–Crippen MR) is 80.1 cm³/mol. The molecule has 0 amide bonds. The van der Waals surface area contributed by atoms with Gasteiger partial charge in [0.2, 0.25) is 9.84 Å². The molecule has 0 aliphatic rings. The zero-order chi connectivity index (χ0) is 17.0. The average Bonchev–Trinajstić information content (AvgIpc) is 2.54. The van der Waals surface area contributed by atoms with Gasteiger partial charge in [-0.3, -0.25) is 0 Å². The molecule has 0 radical (unpaired) electrons. The number of sulfone groups is 1. The molecule has 7 heteroatoms. The van der Waals surface area contributed by atoms with Gasteiger partial charge in [-0.1, -0.05) is 0 Å². The zero-order valence-electron chi connectivity index (χ0n) is 12.0. The van der Waals surface area contributed by atoms with E-state index in [9.17, 15) is 17.2 Å². The molecule has 0 aliphatic carbocycles. The Balaban J connectivity index is 2.50. The van der Waals surface area contributed by atoms with Crippen molar-refractivity contribution in [1.29, 1.82) is 5.26 Å². The summed E-state index contributed by atoms with van der Waals surface area (Å²) < 4.78 is 56.3. The molecule has 0 aromatic heterocycles. The number of halogens is 2. The molecule has 0 saturated heterocycles. The fourth-order valence-corrected chi connectivity index (χ4v) is 2.96. The van der Waals surface area contributed by atoms with E-state index < -0.39 is 26.4 Å². The number of nitriles is 1. The van der Waals surface area contributed by atoms with Crippen molar-refractivity contribution >= 4 is 15.9 Å². The minimum Gasteiger partial charge on any atom is -0.497 e. The SMILES string of the molecule is COc1ccc(S(=O)(=O)C(C#N)=Cc2ccc(F)cc2F)cc1. The summed E-state index contributed by atoms with van der Waals surface area (Å²) in [6, 6.07) is 9.61. The first-order valence-electron chi connectivity index (χ1n) is 6.34. The lowest BCUT2D eigenvalue weighted by Crippen LogP contribution is -2.04. The van der Waals surface area contributed by atoms with E-state index in [-0.39, 0.29) is 10.5 Å². The summed E-state index contributed by atoms with van der Waals surface area (Å²) in [6.07, 6.45) is 0.869. The van der Waals surface area contributed by atoms with E-state index in [4.69, 9.17) is 10.00 Å². The van der Waals surface area contributed by atoms with E-state index in [1.54, 1.807) is 6.07 Å². The number of hydrogen-bond donors (Lipinski definition) is 0. The van der Waals surface area contributed by atoms with Crippen molar-refractivity contribution in [3.63, 3.8) is 0 Å². The lowest BCUT2D eigenvalue weighted by atomic mass is 10.2. The Labute approximate surface area is 132 Å². The highest BCUT2D eigenvalue weighted by atomic mass is 32.2. The standard InChI is InChI=1S/C16H11F2NO3S/c1-22-13-4-6-14(7-5-13)23(20,21)15(10-19)8-11-2-3-12(17)9-16(11)18/h2-9H,1H3. The van der Waals surface area contributed by atoms with Crippen LogP contribution < -0.4 is 4.74 Å². The van der Waals surface area contributed by atoms with E-state index in [1.807, 2.05) is 0 Å². The number of ether oxygens (including phenoxy) is 1. The molecule has 23 heavy (non-hydrogen) atoms. The number of methoxy groups -OCH3 is 1. The molecule has 118 valence electrons. The second-order valence-corrected chi connectivity index (χ2v) is 6.38. The minimum atomic E-state index is -4.12. The average molecular weight is 335 g/mol. The van der Waals surface area contributed by atoms with Gasteiger partial charge in [0.15, 0.2) is 0 Å². The van der Waals surface area contributed by atoms with Gasteiger partial charge in [-0.2, -0.15) is 5.26 Å². The second-order valence-electron chi connectivity index (χ2n) is 4.47. The third-order valence-electron chi connectivity index (χ3n) is 3.02. The molecule has 2 rings (SSSR count). The monoisotopic (exact) mass is 335 g/mol. The molecule has 0 heterocycles. The number of hydrogen-bond acceptors (Lipinski definition) is 4. The molecule has 2 aromatic rings. The maximum absolute atomic E-state index is 13.6. The van der Waals surface area contributed by atoms with Crippen LogP contribution in [0.4, 0.5) is 8.78 Å². The first-order valence-corrected chi connectivity index (χ1v) is 7.83. The van der Waals surface area contributed by atoms with Gasteiger partial charge in [0, 0.05) is 11.6 Å². The Morgan fingerprint density at radius 3 is 2.35 bits per heavy atom. The van der Waals surface area contributed by atoms with E-state index in [2.05, 4.69) is 0 Å². The van der Waals surface area contributed by atoms with Gasteiger partial charge in [-0.15, -0.1) is 0 Å². The predicted octanol–water partition coefficient (Wildman–Crippen LogP) is 3.31. The third-order valence-corrected chi connectivity index (χ3v) is 4.70. The van der Waals surface area contributed by atoms with Crippen LogP contribution in [0.1, 0.15) is 5.56 Å². The first kappa shape index (κ1) is 16.6. The molecule has 0 unspecified atom stereocenters. The Kier molecular flexibility index (Phi) is 4.77. The summed E-state index contributed by atoms with van der Waals surface area (Å²) in [7, 11) is -2.69. The Morgan fingerprint density at radius 2 is 1.83 bits per heavy atom. The highest BCUT2D eigenvalue weighted by molar-refractivity contribution is 7.95. The van der Waals surface area contributed by atoms with Gasteiger partial charge in [0.25, 0.3) is 0 Å². The lowest BCUT2D eigenvalue weighted by molar-refractivity contribution is 0.414. The van der Waals surface area contributed by atoms with E-state index in [0.717, 1.165) is 18.2 Å². The highest BCUT2D eigenvalue weighted by Crippen LogP contribution is 2.24. The van der Waals surface area contributed by atoms with E-state index in [1.165, 1.54) is 31.4 Å². The smallest absolute Gasteiger partial charge is 0.216 e. The van der Waals surface area contributed by atoms with Crippen molar-refractivity contribution in [2.75, 3.05) is 7.11 Å². The number of nitrogens with zero attached hydrogens (tertiary/aromatic N) is 1. The molecular formula is C16H11F2NO3S. The van der Waals surface area contributed by atoms with Crippen LogP contribution in [0.5, 0.6) is 5.75 Å². The maximum atomic E-state index is 13.6. The van der Waals surface area contributed by atoms with Crippen LogP contribution in [0.25, 0.3) is 6.08 Å². The van der Waals surface area contributed by atoms with Gasteiger partial charge >= 0.3 is 0 Å². The van der Waals surface area contributed by atoms with Crippen molar-refractivity contribution in [2.24, 2.45) is 0 Å². The molecule has 0 atom stereocenters. The normalized spacial score (nSPS) is 11.8. The minimum absolute atomic E-state index is 0.131. The third kappa shape index (κ3) is 3.55. The molecule has 4 nitrogen and oxygen atoms in total. The molecule has 0 bridgehead atoms. The second kappa shape index (κ2) is 6.58. The molecule has 2 aromatic carbocycles. The van der Waals surface area contributed by atoms with Crippen LogP contribution in [0, 0.1) is 23.0 Å². The molecule has 0 spiro atoms. The van der Waals surface area contributed by atoms with Gasteiger partial charge in [-0.05, 0) is 42.5 Å². The fraction of sp³-hybridized carbons (Fsp3) is 0.0625. The van der Waals surface area contributed by atoms with Crippen LogP contribution in [-0.2, 0) is 9.84 Å². The van der Waals surface area contributed by atoms with Crippen molar-refractivity contribution in [1.82, 2.24) is 0 Å². The highest BCUT2D eigenvalue weighted by Gasteiger charge is 2.21. The van der Waals surface area contributed by atoms with Gasteiger partial charge in [0.1, 0.15) is 28.4 Å². The number of allylic oxidation sites excluding steroid dienone is 1. The fourth-order valence-electron chi connectivity index (χ4n) is 1.81. The van der Waals surface area contributed by atoms with Gasteiger partial charge in [-0.25, -0.2) is 17.2 Å². The Hall–Kier alpha value is -2.72. The summed E-state index contributed by atoms with van der Waals surface area (Å²) in [6.45, 7) is 0. The van der Waals surface area contributed by atoms with Crippen molar-refractivity contribution in [2.45, 2.75) is 4.90 Å².